The van der Waals surface area contributed by atoms with E-state index in [1.807, 2.05) is 0 Å². The number of Topliss-reactive ketones (excluding diaryl/α,β-unsaturated/α-hetero) is 1. The first-order valence-corrected chi connectivity index (χ1v) is 12.8. The number of hydrogen-bond acceptors (Lipinski definition) is 12. The highest BCUT2D eigenvalue weighted by atomic mass is 16.7. The Morgan fingerprint density at radius 1 is 1.15 bits per heavy atom. The lowest BCUT2D eigenvalue weighted by atomic mass is 9.67. The van der Waals surface area contributed by atoms with E-state index in [9.17, 15) is 39.9 Å². The Labute approximate surface area is 228 Å². The Bertz CT molecular complexity index is 1430. The summed E-state index contributed by atoms with van der Waals surface area (Å²) in [4.78, 5) is 40.1. The first-order chi connectivity index (χ1) is 18.8. The number of phenolic OH excluding ortho intramolecular Hbond substituents is 2. The highest BCUT2D eigenvalue weighted by Crippen LogP contribution is 2.54. The predicted molar refractivity (Wildman–Crippen MR) is 136 cm³/mol. The molecule has 12 nitrogen and oxygen atoms in total. The van der Waals surface area contributed by atoms with Crippen LogP contribution in [0, 0.1) is 0 Å². The zero-order valence-electron chi connectivity index (χ0n) is 22.1. The van der Waals surface area contributed by atoms with Crippen LogP contribution in [0.2, 0.25) is 0 Å². The van der Waals surface area contributed by atoms with Gasteiger partial charge in [0.15, 0.2) is 17.9 Å². The van der Waals surface area contributed by atoms with Crippen LogP contribution >= 0.6 is 0 Å². The molecule has 0 aromatic heterocycles. The van der Waals surface area contributed by atoms with Gasteiger partial charge < -0.3 is 45.5 Å². The molecule has 3 aliphatic rings. The van der Waals surface area contributed by atoms with Gasteiger partial charge in [-0.2, -0.15) is 0 Å². The molecule has 12 heteroatoms. The molecule has 0 bridgehead atoms. The largest absolute Gasteiger partial charge is 0.507 e. The van der Waals surface area contributed by atoms with E-state index in [1.165, 1.54) is 32.2 Å². The molecule has 6 atom stereocenters. The van der Waals surface area contributed by atoms with Crippen LogP contribution in [-0.4, -0.2) is 86.7 Å². The Balaban J connectivity index is 1.73. The van der Waals surface area contributed by atoms with Crippen LogP contribution in [0.5, 0.6) is 17.2 Å². The van der Waals surface area contributed by atoms with Crippen LogP contribution in [-0.2, 0) is 26.3 Å². The molecule has 40 heavy (non-hydrogen) atoms. The molecule has 214 valence electrons. The summed E-state index contributed by atoms with van der Waals surface area (Å²) in [5.41, 5.74) is 0.524. The van der Waals surface area contributed by atoms with Gasteiger partial charge in [-0.15, -0.1) is 0 Å². The normalized spacial score (nSPS) is 31.3. The van der Waals surface area contributed by atoms with Gasteiger partial charge in [0.05, 0.1) is 36.0 Å². The molecule has 0 amide bonds. The maximum atomic E-state index is 13.7. The topological polar surface area (TPSA) is 206 Å². The van der Waals surface area contributed by atoms with Crippen LogP contribution < -0.4 is 10.5 Å². The number of ketones is 3. The number of carbonyl (C=O) groups excluding carboxylic acids is 3. The van der Waals surface area contributed by atoms with Gasteiger partial charge in [-0.05, 0) is 19.9 Å². The first kappa shape index (κ1) is 28.1. The summed E-state index contributed by atoms with van der Waals surface area (Å²) in [5.74, 6) is -3.82. The number of phenols is 2. The molecule has 1 heterocycles. The first-order valence-electron chi connectivity index (χ1n) is 12.8. The van der Waals surface area contributed by atoms with Gasteiger partial charge in [-0.25, -0.2) is 0 Å². The number of nitrogens with two attached hydrogens (primary N) is 1. The minimum Gasteiger partial charge on any atom is -0.507 e. The minimum atomic E-state index is -2.28. The number of hydrogen-bond donors (Lipinski definition) is 6. The number of carbonyl (C=O) groups is 3. The maximum Gasteiger partial charge on any atom is 0.202 e. The Kier molecular flexibility index (Phi) is 6.77. The second-order valence-electron chi connectivity index (χ2n) is 10.8. The van der Waals surface area contributed by atoms with Crippen molar-refractivity contribution >= 4 is 17.3 Å². The number of aliphatic hydroxyl groups excluding tert-OH is 2. The average Bonchev–Trinajstić information content (AvgIpc) is 2.90. The third-order valence-electron chi connectivity index (χ3n) is 8.15. The lowest BCUT2D eigenvalue weighted by molar-refractivity contribution is -0.273. The number of aliphatic hydroxyl groups is 3. The monoisotopic (exact) mass is 557 g/mol. The van der Waals surface area contributed by atoms with Gasteiger partial charge in [-0.3, -0.25) is 14.4 Å². The molecular formula is C28H31NO11. The Morgan fingerprint density at radius 2 is 1.82 bits per heavy atom. The van der Waals surface area contributed by atoms with Gasteiger partial charge >= 0.3 is 0 Å². The number of benzene rings is 2. The summed E-state index contributed by atoms with van der Waals surface area (Å²) < 4.78 is 17.3. The summed E-state index contributed by atoms with van der Waals surface area (Å²) in [6.07, 6.45) is -3.91. The fourth-order valence-electron chi connectivity index (χ4n) is 6.24. The van der Waals surface area contributed by atoms with Crippen LogP contribution in [0.3, 0.4) is 0 Å². The van der Waals surface area contributed by atoms with Crippen molar-refractivity contribution in [3.05, 3.63) is 51.6 Å². The van der Waals surface area contributed by atoms with Crippen molar-refractivity contribution in [2.24, 2.45) is 5.73 Å². The van der Waals surface area contributed by atoms with Crippen LogP contribution in [0.25, 0.3) is 0 Å². The maximum absolute atomic E-state index is 13.7. The lowest BCUT2D eigenvalue weighted by Gasteiger charge is -2.47. The molecule has 0 saturated carbocycles. The zero-order chi connectivity index (χ0) is 29.3. The van der Waals surface area contributed by atoms with Gasteiger partial charge in [0.25, 0.3) is 0 Å². The molecule has 7 N–H and O–H groups in total. The molecular weight excluding hydrogens is 526 g/mol. The van der Waals surface area contributed by atoms with E-state index in [0.717, 1.165) is 0 Å². The molecule has 5 rings (SSSR count). The standard InChI is InChI=1S/C28H31NO11/c1-11-22(32)14(29)7-17(39-11)40-27(2)10-28(37,16(31)9-30)8-13-21(27)26(36)20-19(24(13)34)23(33)12-5-4-6-15(38-3)18(12)25(20)35/h4-6,11,14,17,22,30,32,34,36-37H,7-10,29H2,1-3H3/t11-,14-,17?,22+,27-,28-/m0/s1. The molecule has 2 aliphatic carbocycles. The van der Waals surface area contributed by atoms with Gasteiger partial charge in [0, 0.05) is 42.0 Å². The molecule has 0 spiro atoms. The molecule has 1 fully saturated rings. The van der Waals surface area contributed by atoms with Crippen molar-refractivity contribution < 1.29 is 54.1 Å². The minimum absolute atomic E-state index is 0.00246. The number of rotatable bonds is 5. The van der Waals surface area contributed by atoms with Gasteiger partial charge in [0.2, 0.25) is 5.78 Å². The fourth-order valence-corrected chi connectivity index (χ4v) is 6.24. The van der Waals surface area contributed by atoms with Crippen molar-refractivity contribution in [2.75, 3.05) is 13.7 Å². The zero-order valence-corrected chi connectivity index (χ0v) is 22.1. The molecule has 2 aromatic carbocycles. The molecule has 2 aromatic rings. The fraction of sp³-hybridized carbons (Fsp3) is 0.464. The van der Waals surface area contributed by atoms with Crippen molar-refractivity contribution in [2.45, 2.75) is 68.9 Å². The summed E-state index contributed by atoms with van der Waals surface area (Å²) in [5, 5.41) is 54.3. The van der Waals surface area contributed by atoms with E-state index in [4.69, 9.17) is 19.9 Å². The second-order valence-corrected chi connectivity index (χ2v) is 10.8. The summed E-state index contributed by atoms with van der Waals surface area (Å²) in [6.45, 7) is 1.97. The van der Waals surface area contributed by atoms with E-state index < -0.39 is 95.2 Å². The van der Waals surface area contributed by atoms with Crippen molar-refractivity contribution in [3.63, 3.8) is 0 Å². The van der Waals surface area contributed by atoms with Crippen molar-refractivity contribution in [1.82, 2.24) is 0 Å². The molecule has 1 unspecified atom stereocenters. The van der Waals surface area contributed by atoms with Gasteiger partial charge in [0.1, 0.15) is 35.1 Å². The third kappa shape index (κ3) is 4.02. The van der Waals surface area contributed by atoms with Crippen molar-refractivity contribution in [3.8, 4) is 17.2 Å². The van der Waals surface area contributed by atoms with E-state index >= 15 is 0 Å². The number of aromatic hydroxyl groups is 2. The average molecular weight is 558 g/mol. The lowest BCUT2D eigenvalue weighted by Crippen LogP contribution is -2.56. The van der Waals surface area contributed by atoms with Crippen LogP contribution in [0.15, 0.2) is 18.2 Å². The quantitative estimate of drug-likeness (QED) is 0.232. The van der Waals surface area contributed by atoms with Crippen LogP contribution in [0.4, 0.5) is 0 Å². The third-order valence-corrected chi connectivity index (χ3v) is 8.15. The second kappa shape index (κ2) is 9.61. The van der Waals surface area contributed by atoms with Gasteiger partial charge in [-0.1, -0.05) is 12.1 Å². The predicted octanol–water partition coefficient (Wildman–Crippen LogP) is 0.175. The Hall–Kier alpha value is -3.39. The van der Waals surface area contributed by atoms with E-state index in [-0.39, 0.29) is 34.4 Å². The number of methoxy groups -OCH3 is 1. The van der Waals surface area contributed by atoms with E-state index in [1.54, 1.807) is 6.92 Å². The molecule has 1 aliphatic heterocycles. The molecule has 1 saturated heterocycles. The van der Waals surface area contributed by atoms with E-state index in [2.05, 4.69) is 0 Å². The summed E-state index contributed by atoms with van der Waals surface area (Å²) >= 11 is 0. The Morgan fingerprint density at radius 3 is 2.45 bits per heavy atom. The van der Waals surface area contributed by atoms with E-state index in [0.29, 0.717) is 0 Å². The highest BCUT2D eigenvalue weighted by molar-refractivity contribution is 6.31. The highest BCUT2D eigenvalue weighted by Gasteiger charge is 2.55. The van der Waals surface area contributed by atoms with Crippen molar-refractivity contribution in [1.29, 1.82) is 0 Å². The smallest absolute Gasteiger partial charge is 0.202 e. The summed E-state index contributed by atoms with van der Waals surface area (Å²) in [6, 6.07) is 3.62. The number of ether oxygens (including phenoxy) is 3. The SMILES string of the molecule is COc1cccc2c1C(=O)c1c(O)c3c(c(O)c1C2=O)C[C@@](O)(C(=O)CO)C[C@]3(C)OC1C[C@H](N)[C@H](O)[C@H](C)O1. The van der Waals surface area contributed by atoms with Crippen LogP contribution in [0.1, 0.15) is 69.7 Å². The summed E-state index contributed by atoms with van der Waals surface area (Å²) in [7, 11) is 1.32. The number of fused-ring (bicyclic) bond motifs is 3. The molecule has 0 radical (unpaired) electrons.